The quantitative estimate of drug-likeness (QED) is 0.308. The zero-order chi connectivity index (χ0) is 24.1. The van der Waals surface area contributed by atoms with E-state index in [1.165, 1.54) is 16.7 Å². The summed E-state index contributed by atoms with van der Waals surface area (Å²) in [5.41, 5.74) is 2.37. The predicted molar refractivity (Wildman–Crippen MR) is 139 cm³/mol. The number of thioether (sulfide) groups is 1. The number of nitriles is 1. The van der Waals surface area contributed by atoms with E-state index in [0.717, 1.165) is 15.6 Å². The molecule has 1 aliphatic rings. The second-order valence-corrected chi connectivity index (χ2v) is 10.1. The normalized spacial score (nSPS) is 16.8. The van der Waals surface area contributed by atoms with Crippen molar-refractivity contribution in [2.45, 2.75) is 18.2 Å². The molecule has 0 radical (unpaired) electrons. The van der Waals surface area contributed by atoms with Gasteiger partial charge in [-0.3, -0.25) is 14.5 Å². The van der Waals surface area contributed by atoms with Gasteiger partial charge < -0.3 is 5.32 Å². The van der Waals surface area contributed by atoms with Crippen molar-refractivity contribution in [2.75, 3.05) is 4.90 Å². The molecule has 0 aliphatic carbocycles. The van der Waals surface area contributed by atoms with Gasteiger partial charge in [0.2, 0.25) is 5.91 Å². The number of halogens is 2. The van der Waals surface area contributed by atoms with Gasteiger partial charge in [0.15, 0.2) is 0 Å². The van der Waals surface area contributed by atoms with Crippen molar-refractivity contribution in [3.05, 3.63) is 110 Å². The van der Waals surface area contributed by atoms with E-state index in [1.54, 1.807) is 24.3 Å². The van der Waals surface area contributed by atoms with Gasteiger partial charge in [0.05, 0.1) is 5.25 Å². The van der Waals surface area contributed by atoms with Gasteiger partial charge in [-0.05, 0) is 53.9 Å². The number of hydrogen-bond acceptors (Lipinski definition) is 4. The van der Waals surface area contributed by atoms with Crippen LogP contribution in [0.1, 0.15) is 11.1 Å². The molecule has 2 amide bonds. The van der Waals surface area contributed by atoms with E-state index >= 15 is 0 Å². The number of nitrogens with one attached hydrogen (secondary N) is 1. The lowest BCUT2D eigenvalue weighted by atomic mass is 10.1. The van der Waals surface area contributed by atoms with Crippen molar-refractivity contribution in [3.8, 4) is 6.07 Å². The maximum absolute atomic E-state index is 13.5. The number of hydrogen-bond donors (Lipinski definition) is 1. The van der Waals surface area contributed by atoms with Crippen LogP contribution in [0.5, 0.6) is 0 Å². The van der Waals surface area contributed by atoms with Gasteiger partial charge in [-0.25, -0.2) is 0 Å². The maximum Gasteiger partial charge on any atom is 0.264 e. The van der Waals surface area contributed by atoms with Crippen molar-refractivity contribution >= 4 is 56.8 Å². The van der Waals surface area contributed by atoms with Crippen molar-refractivity contribution in [1.29, 1.82) is 5.26 Å². The number of carbonyl (C=O) groups excluding carboxylic acids is 2. The molecular weight excluding hydrogens is 534 g/mol. The van der Waals surface area contributed by atoms with Gasteiger partial charge in [-0.15, -0.1) is 0 Å². The Morgan fingerprint density at radius 3 is 2.35 bits per heavy atom. The fourth-order valence-corrected chi connectivity index (χ4v) is 5.21. The first-order valence-electron chi connectivity index (χ1n) is 10.4. The topological polar surface area (TPSA) is 73.2 Å². The highest BCUT2D eigenvalue weighted by Crippen LogP contribution is 2.42. The van der Waals surface area contributed by atoms with Gasteiger partial charge in [0, 0.05) is 21.7 Å². The monoisotopic (exact) mass is 551 g/mol. The molecule has 0 aromatic heterocycles. The summed E-state index contributed by atoms with van der Waals surface area (Å²) in [6.07, 6.45) is 0.446. The summed E-state index contributed by atoms with van der Waals surface area (Å²) in [7, 11) is 0. The van der Waals surface area contributed by atoms with Crippen LogP contribution in [0.3, 0.4) is 0 Å². The molecule has 170 valence electrons. The third kappa shape index (κ3) is 5.53. The fourth-order valence-electron chi connectivity index (χ4n) is 3.51. The van der Waals surface area contributed by atoms with Crippen LogP contribution in [0.25, 0.3) is 0 Å². The summed E-state index contributed by atoms with van der Waals surface area (Å²) in [6, 6.07) is 26.0. The van der Waals surface area contributed by atoms with Crippen LogP contribution in [0.15, 0.2) is 93.9 Å². The van der Waals surface area contributed by atoms with Gasteiger partial charge in [0.1, 0.15) is 16.7 Å². The summed E-state index contributed by atoms with van der Waals surface area (Å²) in [5, 5.41) is 13.2. The molecule has 1 saturated heterocycles. The van der Waals surface area contributed by atoms with Crippen molar-refractivity contribution in [1.82, 2.24) is 5.32 Å². The predicted octanol–water partition coefficient (Wildman–Crippen LogP) is 5.85. The highest BCUT2D eigenvalue weighted by Gasteiger charge is 2.40. The first kappa shape index (κ1) is 24.1. The first-order chi connectivity index (χ1) is 16.5. The molecule has 34 heavy (non-hydrogen) atoms. The van der Waals surface area contributed by atoms with Crippen molar-refractivity contribution in [3.63, 3.8) is 0 Å². The van der Waals surface area contributed by atoms with E-state index in [4.69, 9.17) is 11.6 Å². The lowest BCUT2D eigenvalue weighted by Crippen LogP contribution is -2.32. The SMILES string of the molecule is N#CC(C(=O)NCc1ccccc1)=C1SC(Cc2ccc(Cl)cc2)C(=O)N1c1ccc(Br)cc1. The lowest BCUT2D eigenvalue weighted by molar-refractivity contribution is -0.117. The molecule has 1 aliphatic heterocycles. The summed E-state index contributed by atoms with van der Waals surface area (Å²) < 4.78 is 0.861. The molecule has 3 aromatic rings. The number of benzene rings is 3. The Hall–Kier alpha value is -3.05. The number of rotatable bonds is 6. The molecule has 0 spiro atoms. The fraction of sp³-hybridized carbons (Fsp3) is 0.115. The third-order valence-electron chi connectivity index (χ3n) is 5.22. The van der Waals surface area contributed by atoms with Crippen LogP contribution in [0.4, 0.5) is 5.69 Å². The molecule has 1 fully saturated rings. The van der Waals surface area contributed by atoms with Crippen LogP contribution in [0.2, 0.25) is 5.02 Å². The van der Waals surface area contributed by atoms with E-state index in [-0.39, 0.29) is 18.0 Å². The smallest absolute Gasteiger partial charge is 0.264 e. The molecule has 3 aromatic carbocycles. The Morgan fingerprint density at radius 1 is 1.03 bits per heavy atom. The molecule has 1 heterocycles. The summed E-state index contributed by atoms with van der Waals surface area (Å²) in [5.74, 6) is -0.697. The summed E-state index contributed by atoms with van der Waals surface area (Å²) >= 11 is 10.6. The molecule has 1 atom stereocenters. The lowest BCUT2D eigenvalue weighted by Gasteiger charge is -2.19. The van der Waals surface area contributed by atoms with Crippen LogP contribution < -0.4 is 10.2 Å². The molecule has 4 rings (SSSR count). The summed E-state index contributed by atoms with van der Waals surface area (Å²) in [6.45, 7) is 0.281. The van der Waals surface area contributed by atoms with Gasteiger partial charge in [-0.2, -0.15) is 5.26 Å². The number of anilines is 1. The Labute approximate surface area is 215 Å². The van der Waals surface area contributed by atoms with E-state index in [1.807, 2.05) is 60.7 Å². The van der Waals surface area contributed by atoms with Gasteiger partial charge in [-0.1, -0.05) is 81.8 Å². The number of nitrogens with zero attached hydrogens (tertiary/aromatic N) is 2. The highest BCUT2D eigenvalue weighted by atomic mass is 79.9. The van der Waals surface area contributed by atoms with Crippen LogP contribution in [0, 0.1) is 11.3 Å². The molecule has 1 unspecified atom stereocenters. The average Bonchev–Trinajstić information content (AvgIpc) is 3.16. The van der Waals surface area contributed by atoms with E-state index in [9.17, 15) is 14.9 Å². The minimum Gasteiger partial charge on any atom is -0.347 e. The minimum absolute atomic E-state index is 0.0872. The second-order valence-electron chi connectivity index (χ2n) is 7.55. The molecule has 1 N–H and O–H groups in total. The molecule has 0 bridgehead atoms. The first-order valence-corrected chi connectivity index (χ1v) is 12.5. The number of carbonyl (C=O) groups is 2. The van der Waals surface area contributed by atoms with Crippen LogP contribution >= 0.6 is 39.3 Å². The van der Waals surface area contributed by atoms with E-state index < -0.39 is 11.2 Å². The maximum atomic E-state index is 13.5. The Balaban J connectivity index is 1.66. The summed E-state index contributed by atoms with van der Waals surface area (Å²) in [4.78, 5) is 28.0. The van der Waals surface area contributed by atoms with Gasteiger partial charge in [0.25, 0.3) is 5.91 Å². The Bertz CT molecular complexity index is 1270. The van der Waals surface area contributed by atoms with Crippen LogP contribution in [-0.2, 0) is 22.6 Å². The Morgan fingerprint density at radius 2 is 1.71 bits per heavy atom. The molecular formula is C26H19BrClN3O2S. The zero-order valence-corrected chi connectivity index (χ0v) is 21.0. The second kappa shape index (κ2) is 10.9. The van der Waals surface area contributed by atoms with E-state index in [0.29, 0.717) is 22.2 Å². The largest absolute Gasteiger partial charge is 0.347 e. The van der Waals surface area contributed by atoms with Crippen molar-refractivity contribution < 1.29 is 9.59 Å². The van der Waals surface area contributed by atoms with Crippen molar-refractivity contribution in [2.24, 2.45) is 0 Å². The standard InChI is InChI=1S/C26H19BrClN3O2S/c27-19-8-12-21(13-9-19)31-25(33)23(14-17-6-10-20(28)11-7-17)34-26(31)22(15-29)24(32)30-16-18-4-2-1-3-5-18/h1-13,23H,14,16H2,(H,30,32). The third-order valence-corrected chi connectivity index (χ3v) is 7.26. The molecule has 0 saturated carbocycles. The van der Waals surface area contributed by atoms with Crippen LogP contribution in [-0.4, -0.2) is 17.1 Å². The molecule has 8 heteroatoms. The minimum atomic E-state index is -0.518. The van der Waals surface area contributed by atoms with E-state index in [2.05, 4.69) is 21.2 Å². The Kier molecular flexibility index (Phi) is 7.73. The zero-order valence-electron chi connectivity index (χ0n) is 17.9. The van der Waals surface area contributed by atoms with Gasteiger partial charge >= 0.3 is 0 Å². The number of amides is 2. The average molecular weight is 553 g/mol. The molecule has 5 nitrogen and oxygen atoms in total. The highest BCUT2D eigenvalue weighted by molar-refractivity contribution is 9.10.